The topological polar surface area (TPSA) is 55.6 Å². The van der Waals surface area contributed by atoms with E-state index in [1.807, 2.05) is 42.5 Å². The van der Waals surface area contributed by atoms with Gasteiger partial charge in [0.2, 0.25) is 5.92 Å². The van der Waals surface area contributed by atoms with Crippen molar-refractivity contribution >= 4 is 5.91 Å². The summed E-state index contributed by atoms with van der Waals surface area (Å²) in [6, 6.07) is 15.4. The van der Waals surface area contributed by atoms with E-state index in [1.54, 1.807) is 11.0 Å². The second kappa shape index (κ2) is 7.60. The van der Waals surface area contributed by atoms with Crippen LogP contribution in [0.25, 0.3) is 11.1 Å². The number of nitrogens with zero attached hydrogens (tertiary/aromatic N) is 1. The number of carbonyl (C=O) groups is 1. The van der Waals surface area contributed by atoms with Crippen molar-refractivity contribution in [1.82, 2.24) is 4.90 Å². The molecule has 2 N–H and O–H groups in total. The highest BCUT2D eigenvalue weighted by atomic mass is 19.3. The molecule has 2 fully saturated rings. The van der Waals surface area contributed by atoms with Crippen molar-refractivity contribution < 1.29 is 18.3 Å². The molecule has 1 aliphatic heterocycles. The molecule has 1 aliphatic carbocycles. The molecule has 2 aromatic rings. The van der Waals surface area contributed by atoms with E-state index < -0.39 is 5.92 Å². The first-order valence-electron chi connectivity index (χ1n) is 9.63. The number of carbonyl (C=O) groups excluding carboxylic acids is 1. The molecule has 148 valence electrons. The van der Waals surface area contributed by atoms with Gasteiger partial charge in [-0.1, -0.05) is 36.4 Å². The minimum Gasteiger partial charge on any atom is -0.374 e. The van der Waals surface area contributed by atoms with Gasteiger partial charge in [0.15, 0.2) is 0 Å². The first-order chi connectivity index (χ1) is 13.4. The van der Waals surface area contributed by atoms with Gasteiger partial charge >= 0.3 is 0 Å². The first-order valence-corrected chi connectivity index (χ1v) is 9.63. The average Bonchev–Trinajstić information content (AvgIpc) is 2.71. The number of nitrogens with two attached hydrogens (primary N) is 1. The Kier molecular flexibility index (Phi) is 5.17. The van der Waals surface area contributed by atoms with Crippen LogP contribution in [0.3, 0.4) is 0 Å². The molecule has 1 amide bonds. The van der Waals surface area contributed by atoms with E-state index in [4.69, 9.17) is 10.5 Å². The Hall–Kier alpha value is -2.31. The Balaban J connectivity index is 1.47. The van der Waals surface area contributed by atoms with Gasteiger partial charge in [-0.3, -0.25) is 4.79 Å². The zero-order valence-electron chi connectivity index (χ0n) is 15.6. The fraction of sp³-hybridized carbons (Fsp3) is 0.409. The van der Waals surface area contributed by atoms with Crippen LogP contribution in [0.1, 0.15) is 28.8 Å². The largest absolute Gasteiger partial charge is 0.374 e. The minimum atomic E-state index is -2.58. The molecule has 4 nitrogen and oxygen atoms in total. The van der Waals surface area contributed by atoms with Crippen LogP contribution in [0, 0.1) is 5.92 Å². The predicted molar refractivity (Wildman–Crippen MR) is 103 cm³/mol. The number of hydrogen-bond donors (Lipinski definition) is 1. The van der Waals surface area contributed by atoms with Gasteiger partial charge in [0.05, 0.1) is 12.7 Å². The highest BCUT2D eigenvalue weighted by Gasteiger charge is 2.49. The fourth-order valence-corrected chi connectivity index (χ4v) is 3.96. The SMILES string of the molecule is NCc1ccc(-c2cccc(C(=O)N3CCOC(C4CC(F)(F)C4)C3)c2)cc1. The lowest BCUT2D eigenvalue weighted by atomic mass is 9.77. The Morgan fingerprint density at radius 1 is 1.14 bits per heavy atom. The molecule has 6 heteroatoms. The van der Waals surface area contributed by atoms with Crippen LogP contribution in [-0.4, -0.2) is 42.5 Å². The van der Waals surface area contributed by atoms with Gasteiger partial charge in [-0.25, -0.2) is 8.78 Å². The Bertz CT molecular complexity index is 846. The van der Waals surface area contributed by atoms with Crippen LogP contribution in [0.4, 0.5) is 8.78 Å². The molecule has 1 saturated heterocycles. The second-order valence-corrected chi connectivity index (χ2v) is 7.67. The van der Waals surface area contributed by atoms with E-state index in [1.165, 1.54) is 0 Å². The molecule has 0 spiro atoms. The van der Waals surface area contributed by atoms with Crippen molar-refractivity contribution in [2.45, 2.75) is 31.4 Å². The predicted octanol–water partition coefficient (Wildman–Crippen LogP) is 3.70. The normalized spacial score (nSPS) is 22.0. The van der Waals surface area contributed by atoms with Crippen molar-refractivity contribution in [3.05, 3.63) is 59.7 Å². The van der Waals surface area contributed by atoms with E-state index in [0.29, 0.717) is 31.8 Å². The van der Waals surface area contributed by atoms with Gasteiger partial charge in [0.25, 0.3) is 5.91 Å². The summed E-state index contributed by atoms with van der Waals surface area (Å²) in [6.07, 6.45) is -0.591. The van der Waals surface area contributed by atoms with Crippen LogP contribution in [0.5, 0.6) is 0 Å². The van der Waals surface area contributed by atoms with Crippen molar-refractivity contribution in [2.24, 2.45) is 11.7 Å². The van der Waals surface area contributed by atoms with Crippen molar-refractivity contribution in [3.8, 4) is 11.1 Å². The summed E-state index contributed by atoms with van der Waals surface area (Å²) in [5.74, 6) is -2.83. The third-order valence-corrected chi connectivity index (χ3v) is 5.66. The maximum Gasteiger partial charge on any atom is 0.254 e. The Morgan fingerprint density at radius 3 is 2.57 bits per heavy atom. The zero-order valence-corrected chi connectivity index (χ0v) is 15.6. The Morgan fingerprint density at radius 2 is 1.89 bits per heavy atom. The Labute approximate surface area is 163 Å². The lowest BCUT2D eigenvalue weighted by Gasteiger charge is -2.43. The summed E-state index contributed by atoms with van der Waals surface area (Å²) < 4.78 is 32.0. The number of benzene rings is 2. The minimum absolute atomic E-state index is 0.0835. The molecule has 28 heavy (non-hydrogen) atoms. The van der Waals surface area contributed by atoms with Gasteiger partial charge in [0, 0.05) is 38.0 Å². The third-order valence-electron chi connectivity index (χ3n) is 5.66. The number of amides is 1. The highest BCUT2D eigenvalue weighted by Crippen LogP contribution is 2.45. The average molecular weight is 386 g/mol. The van der Waals surface area contributed by atoms with Crippen LogP contribution in [-0.2, 0) is 11.3 Å². The summed E-state index contributed by atoms with van der Waals surface area (Å²) >= 11 is 0. The summed E-state index contributed by atoms with van der Waals surface area (Å²) in [5, 5.41) is 0. The van der Waals surface area contributed by atoms with Gasteiger partial charge < -0.3 is 15.4 Å². The molecule has 4 rings (SSSR count). The van der Waals surface area contributed by atoms with Gasteiger partial charge in [-0.2, -0.15) is 0 Å². The molecule has 1 heterocycles. The number of alkyl halides is 2. The number of halogens is 2. The van der Waals surface area contributed by atoms with Crippen LogP contribution < -0.4 is 5.73 Å². The van der Waals surface area contributed by atoms with E-state index in [9.17, 15) is 13.6 Å². The molecule has 1 unspecified atom stereocenters. The van der Waals surface area contributed by atoms with Crippen molar-refractivity contribution in [1.29, 1.82) is 0 Å². The smallest absolute Gasteiger partial charge is 0.254 e. The zero-order chi connectivity index (χ0) is 19.7. The monoisotopic (exact) mass is 386 g/mol. The fourth-order valence-electron chi connectivity index (χ4n) is 3.96. The first kappa shape index (κ1) is 19.0. The van der Waals surface area contributed by atoms with Crippen LogP contribution >= 0.6 is 0 Å². The molecule has 2 aliphatic rings. The molecular weight excluding hydrogens is 362 g/mol. The molecule has 0 radical (unpaired) electrons. The quantitative estimate of drug-likeness (QED) is 0.872. The maximum atomic E-state index is 13.2. The maximum absolute atomic E-state index is 13.2. The van der Waals surface area contributed by atoms with E-state index in [2.05, 4.69) is 0 Å². The summed E-state index contributed by atoms with van der Waals surface area (Å²) in [6.45, 7) is 1.73. The molecule has 1 saturated carbocycles. The van der Waals surface area contributed by atoms with Gasteiger partial charge in [0.1, 0.15) is 0 Å². The summed E-state index contributed by atoms with van der Waals surface area (Å²) in [4.78, 5) is 14.7. The van der Waals surface area contributed by atoms with Crippen LogP contribution in [0.2, 0.25) is 0 Å². The third kappa shape index (κ3) is 3.93. The lowest BCUT2D eigenvalue weighted by Crippen LogP contribution is -2.53. The van der Waals surface area contributed by atoms with Gasteiger partial charge in [-0.15, -0.1) is 0 Å². The summed E-state index contributed by atoms with van der Waals surface area (Å²) in [5.41, 5.74) is 9.27. The molecule has 0 bridgehead atoms. The second-order valence-electron chi connectivity index (χ2n) is 7.67. The van der Waals surface area contributed by atoms with Gasteiger partial charge in [-0.05, 0) is 34.7 Å². The summed E-state index contributed by atoms with van der Waals surface area (Å²) in [7, 11) is 0. The standard InChI is InChI=1S/C22H24F2N2O2/c23-22(24)11-19(12-22)20-14-26(8-9-28-20)21(27)18-3-1-2-17(10-18)16-6-4-15(13-25)5-7-16/h1-7,10,19-20H,8-9,11-14,25H2. The van der Waals surface area contributed by atoms with E-state index in [-0.39, 0.29) is 30.8 Å². The molecule has 0 aromatic heterocycles. The number of morpholine rings is 1. The van der Waals surface area contributed by atoms with Crippen LogP contribution in [0.15, 0.2) is 48.5 Å². The number of hydrogen-bond acceptors (Lipinski definition) is 3. The number of ether oxygens (including phenoxy) is 1. The molecule has 1 atom stereocenters. The lowest BCUT2D eigenvalue weighted by molar-refractivity contribution is -0.164. The highest BCUT2D eigenvalue weighted by molar-refractivity contribution is 5.95. The molecular formula is C22H24F2N2O2. The van der Waals surface area contributed by atoms with E-state index >= 15 is 0 Å². The van der Waals surface area contributed by atoms with Crippen molar-refractivity contribution in [3.63, 3.8) is 0 Å². The molecule has 2 aromatic carbocycles. The van der Waals surface area contributed by atoms with Crippen molar-refractivity contribution in [2.75, 3.05) is 19.7 Å². The van der Waals surface area contributed by atoms with E-state index in [0.717, 1.165) is 16.7 Å². The number of rotatable bonds is 4.